The second-order valence-electron chi connectivity index (χ2n) is 4.14. The van der Waals surface area contributed by atoms with Crippen molar-refractivity contribution < 1.29 is 22.0 Å². The van der Waals surface area contributed by atoms with Crippen LogP contribution in [-0.4, -0.2) is 18.1 Å². The van der Waals surface area contributed by atoms with Crippen LogP contribution in [0.25, 0.3) is 0 Å². The van der Waals surface area contributed by atoms with Crippen LogP contribution in [0.3, 0.4) is 0 Å². The van der Waals surface area contributed by atoms with E-state index in [2.05, 4.69) is 5.32 Å². The molecule has 0 heterocycles. The lowest BCUT2D eigenvalue weighted by Crippen LogP contribution is -2.52. The lowest BCUT2D eigenvalue weighted by atomic mass is 10.1. The van der Waals surface area contributed by atoms with E-state index < -0.39 is 24.2 Å². The molecule has 0 fully saturated rings. The summed E-state index contributed by atoms with van der Waals surface area (Å²) in [5, 5.41) is 2.27. The lowest BCUT2D eigenvalue weighted by molar-refractivity contribution is -0.291. The maximum absolute atomic E-state index is 13.0. The maximum atomic E-state index is 13.0. The van der Waals surface area contributed by atoms with Crippen molar-refractivity contribution in [3.8, 4) is 0 Å². The summed E-state index contributed by atoms with van der Waals surface area (Å²) in [7, 11) is 0. The highest BCUT2D eigenvalue weighted by Crippen LogP contribution is 2.38. The molecule has 0 saturated heterocycles. The quantitative estimate of drug-likeness (QED) is 0.815. The van der Waals surface area contributed by atoms with Crippen LogP contribution < -0.4 is 5.32 Å². The molecule has 2 unspecified atom stereocenters. The van der Waals surface area contributed by atoms with Crippen LogP contribution in [0.15, 0.2) is 30.3 Å². The first-order chi connectivity index (χ1) is 8.16. The molecular weight excluding hydrogens is 253 g/mol. The van der Waals surface area contributed by atoms with Crippen LogP contribution in [0.4, 0.5) is 22.0 Å². The van der Waals surface area contributed by atoms with E-state index in [1.807, 2.05) is 0 Å². The average Bonchev–Trinajstić information content (AvgIpc) is 2.28. The largest absolute Gasteiger partial charge is 0.454 e. The molecule has 0 spiro atoms. The zero-order valence-corrected chi connectivity index (χ0v) is 9.93. The summed E-state index contributed by atoms with van der Waals surface area (Å²) < 4.78 is 62.5. The van der Waals surface area contributed by atoms with Gasteiger partial charge in [-0.25, -0.2) is 0 Å². The summed E-state index contributed by atoms with van der Waals surface area (Å²) in [6.45, 7) is 2.37. The topological polar surface area (TPSA) is 12.0 Å². The molecule has 18 heavy (non-hydrogen) atoms. The second-order valence-corrected chi connectivity index (χ2v) is 4.14. The van der Waals surface area contributed by atoms with Crippen LogP contribution in [0, 0.1) is 0 Å². The Morgan fingerprint density at radius 3 is 1.89 bits per heavy atom. The van der Waals surface area contributed by atoms with E-state index in [1.54, 1.807) is 30.3 Å². The van der Waals surface area contributed by atoms with E-state index in [0.29, 0.717) is 5.56 Å². The summed E-state index contributed by atoms with van der Waals surface area (Å²) >= 11 is 0. The van der Waals surface area contributed by atoms with E-state index in [-0.39, 0.29) is 0 Å². The van der Waals surface area contributed by atoms with Crippen molar-refractivity contribution in [2.24, 2.45) is 0 Å². The molecule has 0 aromatic heterocycles. The van der Waals surface area contributed by atoms with Crippen molar-refractivity contribution in [3.05, 3.63) is 35.9 Å². The molecule has 2 atom stereocenters. The molecule has 1 rings (SSSR count). The number of nitrogens with one attached hydrogen (secondary N) is 1. The van der Waals surface area contributed by atoms with Crippen molar-refractivity contribution in [1.82, 2.24) is 5.32 Å². The number of benzene rings is 1. The van der Waals surface area contributed by atoms with Gasteiger partial charge < -0.3 is 5.32 Å². The Labute approximate surface area is 102 Å². The molecule has 0 aliphatic carbocycles. The molecule has 1 aromatic rings. The molecule has 0 radical (unpaired) electrons. The minimum absolute atomic E-state index is 0.588. The number of rotatable bonds is 4. The lowest BCUT2D eigenvalue weighted by Gasteiger charge is -2.29. The first kappa shape index (κ1) is 14.9. The van der Waals surface area contributed by atoms with Crippen LogP contribution in [-0.2, 0) is 0 Å². The highest BCUT2D eigenvalue weighted by Gasteiger charge is 2.60. The summed E-state index contributed by atoms with van der Waals surface area (Å²) in [4.78, 5) is 0. The monoisotopic (exact) mass is 267 g/mol. The molecular formula is C12H14F5N. The molecule has 0 bridgehead atoms. The van der Waals surface area contributed by atoms with Crippen molar-refractivity contribution in [2.45, 2.75) is 38.0 Å². The molecule has 0 amide bonds. The normalized spacial score (nSPS) is 16.4. The second kappa shape index (κ2) is 5.22. The van der Waals surface area contributed by atoms with Gasteiger partial charge in [-0.05, 0) is 19.4 Å². The van der Waals surface area contributed by atoms with E-state index in [0.717, 1.165) is 6.92 Å². The van der Waals surface area contributed by atoms with Crippen molar-refractivity contribution >= 4 is 0 Å². The zero-order chi connectivity index (χ0) is 14.0. The third-order valence-electron chi connectivity index (χ3n) is 2.72. The van der Waals surface area contributed by atoms with Crippen molar-refractivity contribution in [1.29, 1.82) is 0 Å². The molecule has 6 heteroatoms. The Morgan fingerprint density at radius 1 is 0.944 bits per heavy atom. The zero-order valence-electron chi connectivity index (χ0n) is 9.93. The van der Waals surface area contributed by atoms with Gasteiger partial charge >= 0.3 is 12.1 Å². The highest BCUT2D eigenvalue weighted by atomic mass is 19.4. The first-order valence-electron chi connectivity index (χ1n) is 5.41. The number of hydrogen-bond acceptors (Lipinski definition) is 1. The predicted molar refractivity (Wildman–Crippen MR) is 58.5 cm³/mol. The molecule has 1 N–H and O–H groups in total. The van der Waals surface area contributed by atoms with Gasteiger partial charge in [-0.3, -0.25) is 0 Å². The van der Waals surface area contributed by atoms with Gasteiger partial charge in [0, 0.05) is 6.04 Å². The van der Waals surface area contributed by atoms with E-state index >= 15 is 0 Å². The minimum Gasteiger partial charge on any atom is -0.302 e. The smallest absolute Gasteiger partial charge is 0.302 e. The fraction of sp³-hybridized carbons (Fsp3) is 0.500. The summed E-state index contributed by atoms with van der Waals surface area (Å²) in [5.41, 5.74) is 0.655. The van der Waals surface area contributed by atoms with Crippen LogP contribution in [0.2, 0.25) is 0 Å². The van der Waals surface area contributed by atoms with Gasteiger partial charge in [0.05, 0.1) is 6.04 Å². The third-order valence-corrected chi connectivity index (χ3v) is 2.72. The molecule has 0 saturated carbocycles. The molecule has 0 aliphatic rings. The highest BCUT2D eigenvalue weighted by molar-refractivity contribution is 5.18. The van der Waals surface area contributed by atoms with Crippen LogP contribution >= 0.6 is 0 Å². The maximum Gasteiger partial charge on any atom is 0.454 e. The Kier molecular flexibility index (Phi) is 4.32. The Hall–Kier alpha value is -1.17. The standard InChI is InChI=1S/C12H14F5N/c1-8(10-6-4-3-5-7-10)18-9(2)11(13,14)12(15,16)17/h3-9,18H,1-2H3. The van der Waals surface area contributed by atoms with E-state index in [1.165, 1.54) is 6.92 Å². The third kappa shape index (κ3) is 3.19. The molecule has 1 nitrogen and oxygen atoms in total. The summed E-state index contributed by atoms with van der Waals surface area (Å²) in [5.74, 6) is -4.75. The van der Waals surface area contributed by atoms with Gasteiger partial charge in [0.2, 0.25) is 0 Å². The average molecular weight is 267 g/mol. The predicted octanol–water partition coefficient (Wildman–Crippen LogP) is 3.92. The molecule has 0 aliphatic heterocycles. The van der Waals surface area contributed by atoms with E-state index in [4.69, 9.17) is 0 Å². The summed E-state index contributed by atoms with van der Waals surface area (Å²) in [6.07, 6.45) is -5.55. The van der Waals surface area contributed by atoms with Crippen LogP contribution in [0.5, 0.6) is 0 Å². The minimum atomic E-state index is -5.55. The SMILES string of the molecule is CC(NC(C)C(F)(F)C(F)(F)F)c1ccccc1. The van der Waals surface area contributed by atoms with Crippen LogP contribution in [0.1, 0.15) is 25.5 Å². The van der Waals surface area contributed by atoms with Gasteiger partial charge in [-0.1, -0.05) is 30.3 Å². The van der Waals surface area contributed by atoms with Gasteiger partial charge in [0.25, 0.3) is 0 Å². The Balaban J connectivity index is 2.74. The van der Waals surface area contributed by atoms with Crippen molar-refractivity contribution in [3.63, 3.8) is 0 Å². The number of hydrogen-bond donors (Lipinski definition) is 1. The first-order valence-corrected chi connectivity index (χ1v) is 5.41. The fourth-order valence-corrected chi connectivity index (χ4v) is 1.56. The van der Waals surface area contributed by atoms with E-state index in [9.17, 15) is 22.0 Å². The Bertz CT molecular complexity index is 374. The van der Waals surface area contributed by atoms with Crippen molar-refractivity contribution in [2.75, 3.05) is 0 Å². The molecule has 102 valence electrons. The number of alkyl halides is 5. The summed E-state index contributed by atoms with van der Waals surface area (Å²) in [6, 6.07) is 5.87. The molecule has 1 aromatic carbocycles. The fourth-order valence-electron chi connectivity index (χ4n) is 1.56. The van der Waals surface area contributed by atoms with Gasteiger partial charge in [0.1, 0.15) is 0 Å². The Morgan fingerprint density at radius 2 is 1.44 bits per heavy atom. The van der Waals surface area contributed by atoms with Gasteiger partial charge in [-0.15, -0.1) is 0 Å². The number of halogens is 5. The van der Waals surface area contributed by atoms with Gasteiger partial charge in [0.15, 0.2) is 0 Å². The van der Waals surface area contributed by atoms with Gasteiger partial charge in [-0.2, -0.15) is 22.0 Å².